The zero-order chi connectivity index (χ0) is 19.9. The zero-order valence-electron chi connectivity index (χ0n) is 15.3. The van der Waals surface area contributed by atoms with E-state index >= 15 is 0 Å². The van der Waals surface area contributed by atoms with Gasteiger partial charge in [-0.2, -0.15) is 0 Å². The number of carbonyl (C=O) groups excluding carboxylic acids is 2. The van der Waals surface area contributed by atoms with Crippen LogP contribution in [-0.2, 0) is 24.2 Å². The van der Waals surface area contributed by atoms with Crippen LogP contribution in [0.2, 0.25) is 0 Å². The number of amides is 1. The maximum absolute atomic E-state index is 12.1. The van der Waals surface area contributed by atoms with Crippen molar-refractivity contribution in [3.8, 4) is 11.5 Å². The van der Waals surface area contributed by atoms with Crippen LogP contribution in [0.5, 0.6) is 11.5 Å². The second-order valence-corrected chi connectivity index (χ2v) is 7.79. The van der Waals surface area contributed by atoms with Gasteiger partial charge >= 0.3 is 5.97 Å². The molecule has 0 saturated heterocycles. The number of carbonyl (C=O) groups is 2. The van der Waals surface area contributed by atoms with E-state index in [1.165, 1.54) is 6.08 Å². The number of sulfone groups is 1. The van der Waals surface area contributed by atoms with E-state index in [-0.39, 0.29) is 12.2 Å². The predicted molar refractivity (Wildman–Crippen MR) is 99.4 cm³/mol. The predicted octanol–water partition coefficient (Wildman–Crippen LogP) is 1.91. The topological polar surface area (TPSA) is 108 Å². The van der Waals surface area contributed by atoms with Crippen LogP contribution in [0.4, 0.5) is 5.69 Å². The minimum Gasteiger partial charge on any atom is -0.494 e. The Kier molecular flexibility index (Phi) is 7.23. The molecule has 0 spiro atoms. The first-order valence-corrected chi connectivity index (χ1v) is 10.3. The minimum absolute atomic E-state index is 0.0902. The van der Waals surface area contributed by atoms with Gasteiger partial charge in [-0.15, -0.1) is 0 Å². The number of esters is 1. The lowest BCUT2D eigenvalue weighted by Gasteiger charge is -2.14. The third kappa shape index (κ3) is 6.59. The Labute approximate surface area is 158 Å². The molecule has 0 fully saturated rings. The summed E-state index contributed by atoms with van der Waals surface area (Å²) in [5.41, 5.74) is 0.411. The highest BCUT2D eigenvalue weighted by molar-refractivity contribution is 7.94. The van der Waals surface area contributed by atoms with Crippen LogP contribution < -0.4 is 14.8 Å². The molecule has 9 heteroatoms. The van der Waals surface area contributed by atoms with E-state index in [2.05, 4.69) is 5.32 Å². The fourth-order valence-corrected chi connectivity index (χ4v) is 3.92. The number of rotatable bonds is 9. The molecule has 148 valence electrons. The smallest absolute Gasteiger partial charge is 0.306 e. The molecule has 1 aromatic carbocycles. The Balaban J connectivity index is 1.88. The average molecular weight is 397 g/mol. The zero-order valence-corrected chi connectivity index (χ0v) is 16.1. The quantitative estimate of drug-likeness (QED) is 0.634. The Morgan fingerprint density at radius 3 is 2.56 bits per heavy atom. The molecule has 1 aliphatic rings. The molecule has 0 aromatic heterocycles. The first kappa shape index (κ1) is 20.8. The molecule has 27 heavy (non-hydrogen) atoms. The second kappa shape index (κ2) is 9.40. The molecule has 2 rings (SSSR count). The summed E-state index contributed by atoms with van der Waals surface area (Å²) in [6, 6.07) is 5.04. The van der Waals surface area contributed by atoms with E-state index in [0.29, 0.717) is 30.4 Å². The SMILES string of the molecule is CCOc1ccc(OCC)c(NC(=O)COC(=O)CC2C=CS(=O)(=O)C2)c1. The lowest BCUT2D eigenvalue weighted by Crippen LogP contribution is -2.22. The number of nitrogens with one attached hydrogen (secondary N) is 1. The Morgan fingerprint density at radius 2 is 1.93 bits per heavy atom. The summed E-state index contributed by atoms with van der Waals surface area (Å²) in [6.45, 7) is 4.08. The highest BCUT2D eigenvalue weighted by Crippen LogP contribution is 2.29. The van der Waals surface area contributed by atoms with E-state index in [4.69, 9.17) is 14.2 Å². The normalized spacial score (nSPS) is 17.3. The molecule has 0 bridgehead atoms. The highest BCUT2D eigenvalue weighted by Gasteiger charge is 2.24. The van der Waals surface area contributed by atoms with E-state index in [9.17, 15) is 18.0 Å². The van der Waals surface area contributed by atoms with Gasteiger partial charge in [0.05, 0.1) is 31.1 Å². The fraction of sp³-hybridized carbons (Fsp3) is 0.444. The molecular formula is C18H23NO7S. The fourth-order valence-electron chi connectivity index (χ4n) is 2.52. The molecule has 1 atom stereocenters. The number of hydrogen-bond donors (Lipinski definition) is 1. The summed E-state index contributed by atoms with van der Waals surface area (Å²) in [7, 11) is -3.23. The van der Waals surface area contributed by atoms with Crippen molar-refractivity contribution in [1.82, 2.24) is 0 Å². The lowest BCUT2D eigenvalue weighted by atomic mass is 10.1. The van der Waals surface area contributed by atoms with Crippen LogP contribution in [0.3, 0.4) is 0 Å². The molecule has 1 unspecified atom stereocenters. The van der Waals surface area contributed by atoms with Crippen molar-refractivity contribution in [2.75, 3.05) is 30.9 Å². The maximum atomic E-state index is 12.1. The van der Waals surface area contributed by atoms with Crippen molar-refractivity contribution in [3.05, 3.63) is 29.7 Å². The molecule has 1 amide bonds. The van der Waals surface area contributed by atoms with Gasteiger partial charge in [0.1, 0.15) is 11.5 Å². The number of benzene rings is 1. The molecule has 1 heterocycles. The van der Waals surface area contributed by atoms with Crippen LogP contribution in [0.25, 0.3) is 0 Å². The molecule has 0 aliphatic carbocycles. The minimum atomic E-state index is -3.23. The standard InChI is InChI=1S/C18H23NO7S/c1-3-24-14-5-6-16(25-4-2)15(10-14)19-17(20)11-26-18(21)9-13-7-8-27(22,23)12-13/h5-8,10,13H,3-4,9,11-12H2,1-2H3,(H,19,20). The van der Waals surface area contributed by atoms with Crippen molar-refractivity contribution in [2.45, 2.75) is 20.3 Å². The Hall–Kier alpha value is -2.55. The summed E-state index contributed by atoms with van der Waals surface area (Å²) < 4.78 is 38.4. The van der Waals surface area contributed by atoms with E-state index < -0.39 is 34.2 Å². The largest absolute Gasteiger partial charge is 0.494 e. The number of allylic oxidation sites excluding steroid dienone is 1. The lowest BCUT2D eigenvalue weighted by molar-refractivity contribution is -0.147. The van der Waals surface area contributed by atoms with Crippen LogP contribution in [0.1, 0.15) is 20.3 Å². The van der Waals surface area contributed by atoms with Gasteiger partial charge in [-0.3, -0.25) is 9.59 Å². The molecule has 1 N–H and O–H groups in total. The molecule has 1 aromatic rings. The summed E-state index contributed by atoms with van der Waals surface area (Å²) in [6.07, 6.45) is 1.37. The molecular weight excluding hydrogens is 374 g/mol. The highest BCUT2D eigenvalue weighted by atomic mass is 32.2. The summed E-state index contributed by atoms with van der Waals surface area (Å²) >= 11 is 0. The number of hydrogen-bond acceptors (Lipinski definition) is 7. The van der Waals surface area contributed by atoms with Crippen molar-refractivity contribution in [2.24, 2.45) is 5.92 Å². The summed E-state index contributed by atoms with van der Waals surface area (Å²) in [5.74, 6) is -0.657. The Morgan fingerprint density at radius 1 is 1.19 bits per heavy atom. The van der Waals surface area contributed by atoms with Gasteiger partial charge in [-0.05, 0) is 26.0 Å². The van der Waals surface area contributed by atoms with Crippen LogP contribution in [0, 0.1) is 5.92 Å². The van der Waals surface area contributed by atoms with E-state index in [1.54, 1.807) is 18.2 Å². The molecule has 8 nitrogen and oxygen atoms in total. The van der Waals surface area contributed by atoms with Crippen molar-refractivity contribution < 1.29 is 32.2 Å². The van der Waals surface area contributed by atoms with Gasteiger partial charge in [-0.25, -0.2) is 8.42 Å². The van der Waals surface area contributed by atoms with Crippen molar-refractivity contribution >= 4 is 27.4 Å². The summed E-state index contributed by atoms with van der Waals surface area (Å²) in [4.78, 5) is 23.9. The maximum Gasteiger partial charge on any atom is 0.306 e. The molecule has 1 aliphatic heterocycles. The van der Waals surface area contributed by atoms with Crippen LogP contribution in [-0.4, -0.2) is 45.9 Å². The average Bonchev–Trinajstić information content (AvgIpc) is 2.94. The van der Waals surface area contributed by atoms with E-state index in [1.807, 2.05) is 13.8 Å². The van der Waals surface area contributed by atoms with Gasteiger partial charge in [0.2, 0.25) is 0 Å². The number of anilines is 1. The Bertz CT molecular complexity index is 817. The van der Waals surface area contributed by atoms with Gasteiger partial charge in [0.25, 0.3) is 5.91 Å². The molecule has 0 saturated carbocycles. The summed E-state index contributed by atoms with van der Waals surface area (Å²) in [5, 5.41) is 3.72. The van der Waals surface area contributed by atoms with Gasteiger partial charge in [0, 0.05) is 17.4 Å². The van der Waals surface area contributed by atoms with Crippen LogP contribution >= 0.6 is 0 Å². The first-order chi connectivity index (χ1) is 12.8. The van der Waals surface area contributed by atoms with Gasteiger partial charge < -0.3 is 19.5 Å². The van der Waals surface area contributed by atoms with Crippen molar-refractivity contribution in [3.63, 3.8) is 0 Å². The molecule has 0 radical (unpaired) electrons. The van der Waals surface area contributed by atoms with E-state index in [0.717, 1.165) is 5.41 Å². The number of ether oxygens (including phenoxy) is 3. The third-order valence-electron chi connectivity index (χ3n) is 3.63. The van der Waals surface area contributed by atoms with Crippen molar-refractivity contribution in [1.29, 1.82) is 0 Å². The third-order valence-corrected chi connectivity index (χ3v) is 5.10. The second-order valence-electron chi connectivity index (χ2n) is 5.86. The first-order valence-electron chi connectivity index (χ1n) is 8.59. The van der Waals surface area contributed by atoms with Gasteiger partial charge in [0.15, 0.2) is 16.4 Å². The van der Waals surface area contributed by atoms with Gasteiger partial charge in [-0.1, -0.05) is 6.08 Å². The van der Waals surface area contributed by atoms with Crippen LogP contribution in [0.15, 0.2) is 29.7 Å². The monoisotopic (exact) mass is 397 g/mol.